The van der Waals surface area contributed by atoms with Gasteiger partial charge in [-0.2, -0.15) is 10.4 Å². The summed E-state index contributed by atoms with van der Waals surface area (Å²) < 4.78 is 1.75. The maximum atomic E-state index is 11.7. The monoisotopic (exact) mass is 243 g/mol. The van der Waals surface area contributed by atoms with Gasteiger partial charge in [-0.05, 0) is 24.8 Å². The second-order valence-electron chi connectivity index (χ2n) is 4.66. The number of nitrogens with two attached hydrogens (primary N) is 1. The molecule has 3 rings (SSSR count). The molecule has 1 aliphatic carbocycles. The molecule has 0 amide bonds. The number of rotatable bonds is 3. The van der Waals surface area contributed by atoms with Crippen LogP contribution in [0.3, 0.4) is 0 Å². The largest absolute Gasteiger partial charge is 0.382 e. The maximum absolute atomic E-state index is 11.7. The van der Waals surface area contributed by atoms with Crippen LogP contribution >= 0.6 is 0 Å². The Morgan fingerprint density at radius 1 is 1.67 bits per heavy atom. The van der Waals surface area contributed by atoms with E-state index in [-0.39, 0.29) is 17.4 Å². The molecule has 92 valence electrons. The van der Waals surface area contributed by atoms with Gasteiger partial charge in [-0.1, -0.05) is 0 Å². The summed E-state index contributed by atoms with van der Waals surface area (Å²) in [5, 5.41) is 13.6. The van der Waals surface area contributed by atoms with E-state index in [0.29, 0.717) is 23.2 Å². The third-order valence-electron chi connectivity index (χ3n) is 3.44. The summed E-state index contributed by atoms with van der Waals surface area (Å²) in [6.45, 7) is 0. The molecular weight excluding hydrogens is 230 g/mol. The fraction of sp³-hybridized carbons (Fsp3) is 0.417. The molecular formula is C12H13N5O. The molecule has 0 bridgehead atoms. The van der Waals surface area contributed by atoms with Gasteiger partial charge >= 0.3 is 0 Å². The number of nitrogen functional groups attached to an aromatic ring is 1. The second kappa shape index (κ2) is 3.88. The van der Waals surface area contributed by atoms with Gasteiger partial charge in [0.1, 0.15) is 5.39 Å². The number of H-pyrrole nitrogens is 1. The lowest BCUT2D eigenvalue weighted by atomic mass is 10.1. The topological polar surface area (TPSA) is 100 Å². The van der Waals surface area contributed by atoms with Gasteiger partial charge in [-0.15, -0.1) is 0 Å². The van der Waals surface area contributed by atoms with Crippen molar-refractivity contribution in [3.63, 3.8) is 0 Å². The smallest absolute Gasteiger partial charge is 0.261 e. The summed E-state index contributed by atoms with van der Waals surface area (Å²) >= 11 is 0. The molecule has 1 aliphatic rings. The molecule has 18 heavy (non-hydrogen) atoms. The average molecular weight is 243 g/mol. The highest BCUT2D eigenvalue weighted by molar-refractivity contribution is 5.88. The molecule has 0 aliphatic heterocycles. The predicted octanol–water partition coefficient (Wildman–Crippen LogP) is 1.17. The lowest BCUT2D eigenvalue weighted by Crippen LogP contribution is -2.13. The van der Waals surface area contributed by atoms with E-state index < -0.39 is 0 Å². The highest BCUT2D eigenvalue weighted by atomic mass is 16.1. The molecule has 2 heterocycles. The number of hydrogen-bond donors (Lipinski definition) is 2. The minimum Gasteiger partial charge on any atom is -0.382 e. The van der Waals surface area contributed by atoms with Gasteiger partial charge in [0.2, 0.25) is 0 Å². The molecule has 0 unspecified atom stereocenters. The molecule has 6 heteroatoms. The molecule has 1 atom stereocenters. The van der Waals surface area contributed by atoms with Crippen LogP contribution in [0.25, 0.3) is 10.9 Å². The van der Waals surface area contributed by atoms with Gasteiger partial charge in [0.15, 0.2) is 5.82 Å². The summed E-state index contributed by atoms with van der Waals surface area (Å²) in [7, 11) is 0. The number of aromatic nitrogens is 3. The molecule has 0 spiro atoms. The van der Waals surface area contributed by atoms with E-state index in [0.717, 1.165) is 12.8 Å². The summed E-state index contributed by atoms with van der Waals surface area (Å²) in [6, 6.07) is 4.00. The Morgan fingerprint density at radius 3 is 3.11 bits per heavy atom. The van der Waals surface area contributed by atoms with Crippen molar-refractivity contribution >= 4 is 16.7 Å². The molecule has 1 saturated carbocycles. The number of hydrogen-bond acceptors (Lipinski definition) is 4. The van der Waals surface area contributed by atoms with Crippen LogP contribution < -0.4 is 11.3 Å². The van der Waals surface area contributed by atoms with E-state index >= 15 is 0 Å². The van der Waals surface area contributed by atoms with E-state index in [4.69, 9.17) is 11.0 Å². The molecule has 0 saturated heterocycles. The first-order valence-corrected chi connectivity index (χ1v) is 5.94. The third-order valence-corrected chi connectivity index (χ3v) is 3.44. The van der Waals surface area contributed by atoms with Crippen molar-refractivity contribution in [2.45, 2.75) is 25.3 Å². The Kier molecular flexibility index (Phi) is 2.33. The number of fused-ring (bicyclic) bond motifs is 1. The Morgan fingerprint density at radius 2 is 2.44 bits per heavy atom. The molecule has 1 fully saturated rings. The highest BCUT2D eigenvalue weighted by Gasteiger charge is 2.34. The Hall–Kier alpha value is -2.29. The van der Waals surface area contributed by atoms with Gasteiger partial charge in [0.05, 0.1) is 24.0 Å². The summed E-state index contributed by atoms with van der Waals surface area (Å²) in [4.78, 5) is 14.3. The van der Waals surface area contributed by atoms with Crippen LogP contribution in [-0.4, -0.2) is 14.8 Å². The zero-order valence-corrected chi connectivity index (χ0v) is 9.76. The molecule has 0 radical (unpaired) electrons. The number of pyridine rings is 1. The standard InChI is InChI=1S/C12H13N5O/c13-5-3-8(7-1-2-7)17-9-4-6-15-12(18)10(9)11(14)16-17/h4,6-8H,1-3H2,(H2,14,16)(H,15,18)/t8-/m0/s1. The van der Waals surface area contributed by atoms with Crippen LogP contribution in [0.15, 0.2) is 17.1 Å². The minimum atomic E-state index is -0.234. The van der Waals surface area contributed by atoms with Crippen molar-refractivity contribution in [1.29, 1.82) is 5.26 Å². The molecule has 6 nitrogen and oxygen atoms in total. The SMILES string of the molecule is N#CC[C@@H](C1CC1)n1nc(N)c2c(=O)[nH]ccc21. The average Bonchev–Trinajstić information content (AvgIpc) is 3.12. The van der Waals surface area contributed by atoms with Crippen molar-refractivity contribution in [2.24, 2.45) is 5.92 Å². The predicted molar refractivity (Wildman–Crippen MR) is 66.8 cm³/mol. The Balaban J connectivity index is 2.20. The fourth-order valence-electron chi connectivity index (χ4n) is 2.41. The van der Waals surface area contributed by atoms with Gasteiger partial charge in [0, 0.05) is 6.20 Å². The summed E-state index contributed by atoms with van der Waals surface area (Å²) in [5.74, 6) is 0.710. The first-order valence-electron chi connectivity index (χ1n) is 5.94. The van der Waals surface area contributed by atoms with E-state index in [1.54, 1.807) is 16.9 Å². The Bertz CT molecular complexity index is 689. The van der Waals surface area contributed by atoms with Crippen molar-refractivity contribution < 1.29 is 0 Å². The maximum Gasteiger partial charge on any atom is 0.261 e. The normalized spacial score (nSPS) is 16.6. The molecule has 0 aromatic carbocycles. The van der Waals surface area contributed by atoms with E-state index in [1.165, 1.54) is 0 Å². The lowest BCUT2D eigenvalue weighted by molar-refractivity contribution is 0.426. The van der Waals surface area contributed by atoms with Crippen molar-refractivity contribution in [2.75, 3.05) is 5.73 Å². The molecule has 2 aromatic heterocycles. The van der Waals surface area contributed by atoms with Crippen molar-refractivity contribution in [3.8, 4) is 6.07 Å². The third kappa shape index (κ3) is 1.56. The highest BCUT2D eigenvalue weighted by Crippen LogP contribution is 2.42. The van der Waals surface area contributed by atoms with Crippen LogP contribution in [0.4, 0.5) is 5.82 Å². The van der Waals surface area contributed by atoms with E-state index in [1.807, 2.05) is 0 Å². The Labute approximate surface area is 103 Å². The number of nitrogens with zero attached hydrogens (tertiary/aromatic N) is 3. The van der Waals surface area contributed by atoms with Crippen LogP contribution in [0.2, 0.25) is 0 Å². The zero-order valence-electron chi connectivity index (χ0n) is 9.76. The van der Waals surface area contributed by atoms with Crippen LogP contribution in [0, 0.1) is 17.2 Å². The van der Waals surface area contributed by atoms with Gasteiger partial charge < -0.3 is 10.7 Å². The van der Waals surface area contributed by atoms with E-state index in [9.17, 15) is 4.79 Å². The van der Waals surface area contributed by atoms with Crippen LogP contribution in [-0.2, 0) is 0 Å². The molecule has 2 aromatic rings. The quantitative estimate of drug-likeness (QED) is 0.844. The first-order chi connectivity index (χ1) is 8.72. The van der Waals surface area contributed by atoms with Crippen molar-refractivity contribution in [3.05, 3.63) is 22.6 Å². The lowest BCUT2D eigenvalue weighted by Gasteiger charge is -2.14. The number of nitrogens with one attached hydrogen (secondary N) is 1. The first kappa shape index (κ1) is 10.8. The van der Waals surface area contributed by atoms with Gasteiger partial charge in [0.25, 0.3) is 5.56 Å². The van der Waals surface area contributed by atoms with Gasteiger partial charge in [-0.3, -0.25) is 9.48 Å². The number of aromatic amines is 1. The zero-order chi connectivity index (χ0) is 12.7. The second-order valence-corrected chi connectivity index (χ2v) is 4.66. The van der Waals surface area contributed by atoms with Gasteiger partial charge in [-0.25, -0.2) is 0 Å². The van der Waals surface area contributed by atoms with Crippen LogP contribution in [0.5, 0.6) is 0 Å². The fourth-order valence-corrected chi connectivity index (χ4v) is 2.41. The minimum absolute atomic E-state index is 0.0246. The molecule has 3 N–H and O–H groups in total. The number of nitriles is 1. The summed E-state index contributed by atoms with van der Waals surface area (Å²) in [6.07, 6.45) is 4.19. The van der Waals surface area contributed by atoms with Crippen molar-refractivity contribution in [1.82, 2.24) is 14.8 Å². The van der Waals surface area contributed by atoms with Crippen LogP contribution in [0.1, 0.15) is 25.3 Å². The van der Waals surface area contributed by atoms with E-state index in [2.05, 4.69) is 16.2 Å². The summed E-state index contributed by atoms with van der Waals surface area (Å²) in [5.41, 5.74) is 6.28. The number of anilines is 1.